The van der Waals surface area contributed by atoms with E-state index >= 15 is 0 Å². The van der Waals surface area contributed by atoms with Gasteiger partial charge in [0.25, 0.3) is 0 Å². The Bertz CT molecular complexity index is 572. The number of amides is 1. The van der Waals surface area contributed by atoms with Gasteiger partial charge in [-0.3, -0.25) is 4.79 Å². The molecule has 0 bridgehead atoms. The Labute approximate surface area is 134 Å². The Morgan fingerprint density at radius 1 is 1.30 bits per heavy atom. The summed E-state index contributed by atoms with van der Waals surface area (Å²) >= 11 is 0. The minimum Gasteiger partial charge on any atom is -0.481 e. The first-order chi connectivity index (χ1) is 11.1. The summed E-state index contributed by atoms with van der Waals surface area (Å²) in [6.45, 7) is 0.379. The van der Waals surface area contributed by atoms with Crippen molar-refractivity contribution in [2.24, 2.45) is 5.92 Å². The zero-order valence-electron chi connectivity index (χ0n) is 12.9. The van der Waals surface area contributed by atoms with Crippen LogP contribution in [-0.2, 0) is 20.9 Å². The minimum absolute atomic E-state index is 0.0452. The highest BCUT2D eigenvalue weighted by Gasteiger charge is 2.48. The third kappa shape index (κ3) is 4.22. The molecule has 2 unspecified atom stereocenters. The average molecular weight is 319 g/mol. The molecule has 6 heteroatoms. The first-order valence-electron chi connectivity index (χ1n) is 7.89. The van der Waals surface area contributed by atoms with Crippen molar-refractivity contribution in [1.82, 2.24) is 5.32 Å². The molecule has 0 spiro atoms. The molecule has 0 radical (unpaired) electrons. The Kier molecular flexibility index (Phi) is 4.52. The topological polar surface area (TPSA) is 84.9 Å². The predicted molar refractivity (Wildman–Crippen MR) is 81.8 cm³/mol. The molecule has 2 atom stereocenters. The van der Waals surface area contributed by atoms with Crippen LogP contribution in [0.15, 0.2) is 30.3 Å². The van der Waals surface area contributed by atoms with Crippen LogP contribution in [0.25, 0.3) is 0 Å². The van der Waals surface area contributed by atoms with Gasteiger partial charge >= 0.3 is 12.1 Å². The predicted octanol–water partition coefficient (Wildman–Crippen LogP) is 2.33. The molecule has 124 valence electrons. The molecular formula is C17H21NO5. The Balaban J connectivity index is 1.57. The number of carbonyl (C=O) groups is 2. The van der Waals surface area contributed by atoms with Crippen LogP contribution in [0, 0.1) is 5.92 Å². The third-order valence-electron chi connectivity index (χ3n) is 4.38. The van der Waals surface area contributed by atoms with E-state index in [9.17, 15) is 9.59 Å². The highest BCUT2D eigenvalue weighted by atomic mass is 16.6. The molecule has 2 fully saturated rings. The largest absolute Gasteiger partial charge is 0.481 e. The maximum atomic E-state index is 12.1. The molecule has 2 N–H and O–H groups in total. The van der Waals surface area contributed by atoms with Crippen LogP contribution in [0.2, 0.25) is 0 Å². The molecular weight excluding hydrogens is 298 g/mol. The first-order valence-corrected chi connectivity index (χ1v) is 7.89. The van der Waals surface area contributed by atoms with Crippen molar-refractivity contribution in [1.29, 1.82) is 0 Å². The zero-order valence-corrected chi connectivity index (χ0v) is 12.9. The molecule has 1 aromatic carbocycles. The number of rotatable bonds is 6. The lowest BCUT2D eigenvalue weighted by Crippen LogP contribution is -2.51. The summed E-state index contributed by atoms with van der Waals surface area (Å²) < 4.78 is 10.9. The van der Waals surface area contributed by atoms with Crippen LogP contribution >= 0.6 is 0 Å². The summed E-state index contributed by atoms with van der Waals surface area (Å²) in [6.07, 6.45) is 2.05. The van der Waals surface area contributed by atoms with Crippen molar-refractivity contribution < 1.29 is 24.2 Å². The lowest BCUT2D eigenvalue weighted by Gasteiger charge is -2.26. The molecule has 1 saturated heterocycles. The lowest BCUT2D eigenvalue weighted by atomic mass is 9.91. The van der Waals surface area contributed by atoms with Gasteiger partial charge < -0.3 is 19.9 Å². The monoisotopic (exact) mass is 319 g/mol. The number of carbonyl (C=O) groups excluding carboxylic acids is 1. The van der Waals surface area contributed by atoms with Gasteiger partial charge in [-0.2, -0.15) is 0 Å². The smallest absolute Gasteiger partial charge is 0.407 e. The second kappa shape index (κ2) is 6.58. The van der Waals surface area contributed by atoms with Crippen LogP contribution < -0.4 is 5.32 Å². The molecule has 0 aromatic heterocycles. The van der Waals surface area contributed by atoms with Crippen LogP contribution in [0.3, 0.4) is 0 Å². The molecule has 1 aliphatic carbocycles. The highest BCUT2D eigenvalue weighted by Crippen LogP contribution is 2.42. The minimum atomic E-state index is -0.951. The second-order valence-corrected chi connectivity index (χ2v) is 6.43. The maximum Gasteiger partial charge on any atom is 0.407 e. The number of hydrogen-bond acceptors (Lipinski definition) is 4. The number of ether oxygens (including phenoxy) is 2. The van der Waals surface area contributed by atoms with Gasteiger partial charge in [-0.25, -0.2) is 4.79 Å². The van der Waals surface area contributed by atoms with E-state index in [0.29, 0.717) is 12.3 Å². The first kappa shape index (κ1) is 15.8. The molecule has 23 heavy (non-hydrogen) atoms. The van der Waals surface area contributed by atoms with E-state index in [2.05, 4.69) is 5.32 Å². The van der Waals surface area contributed by atoms with Crippen molar-refractivity contribution >= 4 is 12.1 Å². The van der Waals surface area contributed by atoms with Crippen LogP contribution in [0.4, 0.5) is 4.79 Å². The summed E-state index contributed by atoms with van der Waals surface area (Å²) in [5, 5.41) is 11.9. The quantitative estimate of drug-likeness (QED) is 0.840. The molecule has 1 heterocycles. The summed E-state index contributed by atoms with van der Waals surface area (Å²) in [7, 11) is 0. The Morgan fingerprint density at radius 3 is 2.70 bits per heavy atom. The van der Waals surface area contributed by atoms with Crippen molar-refractivity contribution in [2.75, 3.05) is 6.61 Å². The normalized spacial score (nSPS) is 26.7. The highest BCUT2D eigenvalue weighted by molar-refractivity contribution is 5.73. The van der Waals surface area contributed by atoms with Gasteiger partial charge in [-0.15, -0.1) is 0 Å². The Morgan fingerprint density at radius 2 is 2.04 bits per heavy atom. The maximum absolute atomic E-state index is 12.1. The molecule has 1 aliphatic heterocycles. The molecule has 6 nitrogen and oxygen atoms in total. The van der Waals surface area contributed by atoms with Crippen molar-refractivity contribution in [2.45, 2.75) is 43.9 Å². The van der Waals surface area contributed by atoms with E-state index in [1.807, 2.05) is 30.3 Å². The fourth-order valence-corrected chi connectivity index (χ4v) is 3.06. The zero-order chi connectivity index (χ0) is 16.3. The number of carboxylic acid groups (broad SMARTS) is 1. The van der Waals surface area contributed by atoms with Gasteiger partial charge in [-0.05, 0) is 30.7 Å². The van der Waals surface area contributed by atoms with Gasteiger partial charge in [0.05, 0.1) is 24.7 Å². The number of hydrogen-bond donors (Lipinski definition) is 2. The number of benzene rings is 1. The number of nitrogens with one attached hydrogen (secondary N) is 1. The SMILES string of the molecule is O=C(O)CC1(NC(=O)OCc2ccccc2)COC(C2CC2)C1. The number of alkyl carbamates (subject to hydrolysis) is 1. The average Bonchev–Trinajstić information content (AvgIpc) is 3.29. The number of carboxylic acids is 1. The van der Waals surface area contributed by atoms with Crippen LogP contribution in [0.5, 0.6) is 0 Å². The van der Waals surface area contributed by atoms with E-state index in [-0.39, 0.29) is 25.7 Å². The van der Waals surface area contributed by atoms with Crippen molar-refractivity contribution in [3.8, 4) is 0 Å². The van der Waals surface area contributed by atoms with Gasteiger partial charge in [-0.1, -0.05) is 30.3 Å². The Hall–Kier alpha value is -2.08. The van der Waals surface area contributed by atoms with Crippen LogP contribution in [-0.4, -0.2) is 35.4 Å². The van der Waals surface area contributed by atoms with E-state index in [4.69, 9.17) is 14.6 Å². The third-order valence-corrected chi connectivity index (χ3v) is 4.38. The van der Waals surface area contributed by atoms with E-state index in [1.54, 1.807) is 0 Å². The van der Waals surface area contributed by atoms with Crippen molar-refractivity contribution in [3.63, 3.8) is 0 Å². The molecule has 1 amide bonds. The fraction of sp³-hybridized carbons (Fsp3) is 0.529. The van der Waals surface area contributed by atoms with Gasteiger partial charge in [0.2, 0.25) is 0 Å². The fourth-order valence-electron chi connectivity index (χ4n) is 3.06. The number of aliphatic carboxylic acids is 1. The van der Waals surface area contributed by atoms with E-state index in [1.165, 1.54) is 0 Å². The molecule has 1 aromatic rings. The van der Waals surface area contributed by atoms with E-state index < -0.39 is 17.6 Å². The van der Waals surface area contributed by atoms with Gasteiger partial charge in [0.1, 0.15) is 6.61 Å². The van der Waals surface area contributed by atoms with Crippen molar-refractivity contribution in [3.05, 3.63) is 35.9 Å². The molecule has 2 aliphatic rings. The standard InChI is InChI=1S/C17H21NO5/c19-15(20)9-17(8-14(23-11-17)13-6-7-13)18-16(21)22-10-12-4-2-1-3-5-12/h1-5,13-14H,6-11H2,(H,18,21)(H,19,20). The van der Waals surface area contributed by atoms with E-state index in [0.717, 1.165) is 18.4 Å². The van der Waals surface area contributed by atoms with Gasteiger partial charge in [0.15, 0.2) is 0 Å². The van der Waals surface area contributed by atoms with Gasteiger partial charge in [0, 0.05) is 0 Å². The summed E-state index contributed by atoms with van der Waals surface area (Å²) in [5.74, 6) is -0.443. The molecule has 3 rings (SSSR count). The second-order valence-electron chi connectivity index (χ2n) is 6.43. The summed E-state index contributed by atoms with van der Waals surface area (Å²) in [5.41, 5.74) is 0.0146. The van der Waals surface area contributed by atoms with Crippen LogP contribution in [0.1, 0.15) is 31.2 Å². The lowest BCUT2D eigenvalue weighted by molar-refractivity contribution is -0.138. The summed E-state index contributed by atoms with van der Waals surface area (Å²) in [4.78, 5) is 23.2. The summed E-state index contributed by atoms with van der Waals surface area (Å²) in [6, 6.07) is 9.35. The molecule has 1 saturated carbocycles.